The first-order chi connectivity index (χ1) is 7.60. The van der Waals surface area contributed by atoms with Gasteiger partial charge in [0, 0.05) is 20.6 Å². The predicted octanol–water partition coefficient (Wildman–Crippen LogP) is -0.515. The largest absolute Gasteiger partial charge is 0.359 e. The molecule has 0 bridgehead atoms. The Morgan fingerprint density at radius 3 is 2.69 bits per heavy atom. The van der Waals surface area contributed by atoms with E-state index >= 15 is 0 Å². The predicted molar refractivity (Wildman–Crippen MR) is 60.8 cm³/mol. The highest BCUT2D eigenvalue weighted by atomic mass is 16.2. The first kappa shape index (κ1) is 10.5. The summed E-state index contributed by atoms with van der Waals surface area (Å²) in [5.41, 5.74) is 0.0149. The van der Waals surface area contributed by atoms with Crippen molar-refractivity contribution in [3.63, 3.8) is 0 Å². The summed E-state index contributed by atoms with van der Waals surface area (Å²) in [4.78, 5) is 30.6. The molecule has 0 aromatic carbocycles. The highest BCUT2D eigenvalue weighted by Gasteiger charge is 2.13. The molecule has 7 heteroatoms. The third-order valence-electron chi connectivity index (χ3n) is 2.53. The number of aryl methyl sites for hydroxylation is 1. The average molecular weight is 223 g/mol. The molecular formula is C9H13N5O2. The van der Waals surface area contributed by atoms with Gasteiger partial charge in [-0.15, -0.1) is 0 Å². The van der Waals surface area contributed by atoms with E-state index in [9.17, 15) is 9.59 Å². The summed E-state index contributed by atoms with van der Waals surface area (Å²) in [6.07, 6.45) is 0. The molecule has 2 N–H and O–H groups in total. The van der Waals surface area contributed by atoms with Crippen LogP contribution >= 0.6 is 0 Å². The number of nitrogens with one attached hydrogen (secondary N) is 2. The fourth-order valence-corrected chi connectivity index (χ4v) is 1.65. The molecule has 2 heterocycles. The average Bonchev–Trinajstić information content (AvgIpc) is 2.71. The van der Waals surface area contributed by atoms with Crippen LogP contribution < -0.4 is 16.6 Å². The van der Waals surface area contributed by atoms with Crippen molar-refractivity contribution in [3.05, 3.63) is 20.8 Å². The van der Waals surface area contributed by atoms with Gasteiger partial charge in [-0.2, -0.15) is 4.98 Å². The fraction of sp³-hybridized carbons (Fsp3) is 0.444. The third-order valence-corrected chi connectivity index (χ3v) is 2.53. The minimum Gasteiger partial charge on any atom is -0.359 e. The Hall–Kier alpha value is -2.05. The molecule has 2 aromatic rings. The van der Waals surface area contributed by atoms with Crippen molar-refractivity contribution in [3.8, 4) is 0 Å². The van der Waals surface area contributed by atoms with Crippen molar-refractivity contribution in [1.29, 1.82) is 0 Å². The van der Waals surface area contributed by atoms with E-state index < -0.39 is 0 Å². The van der Waals surface area contributed by atoms with Gasteiger partial charge in [-0.1, -0.05) is 0 Å². The lowest BCUT2D eigenvalue weighted by Crippen LogP contribution is -2.38. The Balaban J connectivity index is 2.99. The van der Waals surface area contributed by atoms with Crippen molar-refractivity contribution in [2.75, 3.05) is 12.4 Å². The lowest BCUT2D eigenvalue weighted by Gasteiger charge is -2.03. The van der Waals surface area contributed by atoms with Crippen LogP contribution in [0, 0.1) is 0 Å². The van der Waals surface area contributed by atoms with Crippen molar-refractivity contribution in [2.45, 2.75) is 13.5 Å². The Morgan fingerprint density at radius 2 is 2.12 bits per heavy atom. The number of hydrogen-bond donors (Lipinski definition) is 2. The van der Waals surface area contributed by atoms with E-state index in [1.54, 1.807) is 21.0 Å². The molecular weight excluding hydrogens is 210 g/mol. The molecule has 0 amide bonds. The lowest BCUT2D eigenvalue weighted by molar-refractivity contribution is 0.637. The normalized spacial score (nSPS) is 10.9. The maximum Gasteiger partial charge on any atom is 0.332 e. The number of fused-ring (bicyclic) bond motifs is 1. The van der Waals surface area contributed by atoms with E-state index in [1.165, 1.54) is 9.13 Å². The maximum absolute atomic E-state index is 11.9. The Morgan fingerprint density at radius 1 is 1.44 bits per heavy atom. The van der Waals surface area contributed by atoms with Gasteiger partial charge in [-0.25, -0.2) is 4.79 Å². The summed E-state index contributed by atoms with van der Waals surface area (Å²) >= 11 is 0. The SMILES string of the molecule is CCn1c(=O)c2[nH]c(NC)nc2n(C)c1=O. The third kappa shape index (κ3) is 1.24. The number of anilines is 1. The van der Waals surface area contributed by atoms with Crippen molar-refractivity contribution < 1.29 is 0 Å². The number of aromatic amines is 1. The summed E-state index contributed by atoms with van der Waals surface area (Å²) in [5.74, 6) is 0.468. The smallest absolute Gasteiger partial charge is 0.332 e. The highest BCUT2D eigenvalue weighted by Crippen LogP contribution is 2.06. The van der Waals surface area contributed by atoms with Gasteiger partial charge in [0.15, 0.2) is 11.2 Å². The van der Waals surface area contributed by atoms with Crippen LogP contribution in [0.5, 0.6) is 0 Å². The minimum atomic E-state index is -0.353. The first-order valence-electron chi connectivity index (χ1n) is 4.97. The van der Waals surface area contributed by atoms with Crippen LogP contribution in [0.3, 0.4) is 0 Å². The van der Waals surface area contributed by atoms with Crippen LogP contribution in [0.1, 0.15) is 6.92 Å². The molecule has 0 aliphatic rings. The molecule has 0 radical (unpaired) electrons. The van der Waals surface area contributed by atoms with Gasteiger partial charge < -0.3 is 10.3 Å². The van der Waals surface area contributed by atoms with Gasteiger partial charge in [0.2, 0.25) is 5.95 Å². The maximum atomic E-state index is 11.9. The van der Waals surface area contributed by atoms with Crippen LogP contribution in [-0.2, 0) is 13.6 Å². The second-order valence-electron chi connectivity index (χ2n) is 3.43. The quantitative estimate of drug-likeness (QED) is 0.717. The molecule has 2 aromatic heterocycles. The van der Waals surface area contributed by atoms with Gasteiger partial charge >= 0.3 is 5.69 Å². The standard InChI is InChI=1S/C9H13N5O2/c1-4-14-7(15)5-6(13(3)9(14)16)12-8(10-2)11-5/h4H2,1-3H3,(H2,10,11,12). The number of nitrogens with zero attached hydrogens (tertiary/aromatic N) is 3. The van der Waals surface area contributed by atoms with Crippen molar-refractivity contribution >= 4 is 17.1 Å². The molecule has 0 aliphatic heterocycles. The van der Waals surface area contributed by atoms with Gasteiger partial charge in [-0.3, -0.25) is 13.9 Å². The van der Waals surface area contributed by atoms with Gasteiger partial charge in [-0.05, 0) is 6.92 Å². The number of rotatable bonds is 2. The Labute approximate surface area is 90.7 Å². The molecule has 7 nitrogen and oxygen atoms in total. The summed E-state index contributed by atoms with van der Waals surface area (Å²) < 4.78 is 2.53. The van der Waals surface area contributed by atoms with E-state index in [0.29, 0.717) is 23.7 Å². The molecule has 0 unspecified atom stereocenters. The summed E-state index contributed by atoms with van der Waals surface area (Å²) in [6.45, 7) is 2.10. The van der Waals surface area contributed by atoms with E-state index in [0.717, 1.165) is 0 Å². The lowest BCUT2D eigenvalue weighted by atomic mass is 10.5. The second-order valence-corrected chi connectivity index (χ2v) is 3.43. The van der Waals surface area contributed by atoms with Crippen LogP contribution in [0.2, 0.25) is 0 Å². The summed E-state index contributed by atoms with van der Waals surface area (Å²) in [7, 11) is 3.28. The van der Waals surface area contributed by atoms with E-state index in [1.807, 2.05) is 0 Å². The molecule has 0 atom stereocenters. The molecule has 16 heavy (non-hydrogen) atoms. The molecule has 2 rings (SSSR count). The number of H-pyrrole nitrogens is 1. The van der Waals surface area contributed by atoms with Crippen molar-refractivity contribution in [2.24, 2.45) is 7.05 Å². The zero-order valence-corrected chi connectivity index (χ0v) is 9.37. The van der Waals surface area contributed by atoms with Gasteiger partial charge in [0.05, 0.1) is 0 Å². The van der Waals surface area contributed by atoms with Crippen LogP contribution in [0.15, 0.2) is 9.59 Å². The second kappa shape index (κ2) is 3.51. The van der Waals surface area contributed by atoms with Crippen molar-refractivity contribution in [1.82, 2.24) is 19.1 Å². The highest BCUT2D eigenvalue weighted by molar-refractivity contribution is 5.72. The van der Waals surface area contributed by atoms with Gasteiger partial charge in [0.1, 0.15) is 0 Å². The first-order valence-corrected chi connectivity index (χ1v) is 4.97. The Kier molecular flexibility index (Phi) is 2.30. The zero-order chi connectivity index (χ0) is 11.9. The molecule has 0 spiro atoms. The molecule has 0 aliphatic carbocycles. The fourth-order valence-electron chi connectivity index (χ4n) is 1.65. The topological polar surface area (TPSA) is 84.7 Å². The number of imidazole rings is 1. The summed E-state index contributed by atoms with van der Waals surface area (Å²) in [5, 5.41) is 2.80. The molecule has 0 fully saturated rings. The van der Waals surface area contributed by atoms with Crippen LogP contribution in [0.25, 0.3) is 11.2 Å². The number of aromatic nitrogens is 4. The summed E-state index contributed by atoms with van der Waals surface area (Å²) in [6, 6.07) is 0. The minimum absolute atomic E-state index is 0.338. The Bertz CT molecular complexity index is 648. The molecule has 0 saturated carbocycles. The number of hydrogen-bond acceptors (Lipinski definition) is 4. The monoisotopic (exact) mass is 223 g/mol. The van der Waals surface area contributed by atoms with Crippen LogP contribution in [0.4, 0.5) is 5.95 Å². The van der Waals surface area contributed by atoms with E-state index in [4.69, 9.17) is 0 Å². The van der Waals surface area contributed by atoms with Gasteiger partial charge in [0.25, 0.3) is 5.56 Å². The van der Waals surface area contributed by atoms with E-state index in [2.05, 4.69) is 15.3 Å². The molecule has 0 saturated heterocycles. The van der Waals surface area contributed by atoms with Crippen LogP contribution in [-0.4, -0.2) is 26.1 Å². The molecule has 86 valence electrons. The zero-order valence-electron chi connectivity index (χ0n) is 9.37. The van der Waals surface area contributed by atoms with E-state index in [-0.39, 0.29) is 11.2 Å².